The highest BCUT2D eigenvalue weighted by Crippen LogP contribution is 2.30. The Bertz CT molecular complexity index is 416. The Kier molecular flexibility index (Phi) is 4.52. The fraction of sp³-hybridized carbons (Fsp3) is 0.643. The molecule has 1 aromatic rings. The van der Waals surface area contributed by atoms with Crippen LogP contribution in [0.3, 0.4) is 0 Å². The third-order valence-corrected chi connectivity index (χ3v) is 3.78. The summed E-state index contributed by atoms with van der Waals surface area (Å²) in [5.41, 5.74) is 0.384. The average molecular weight is 244 g/mol. The number of nitrogens with one attached hydrogen (secondary N) is 1. The molecular weight excluding hydrogens is 224 g/mol. The predicted octanol–water partition coefficient (Wildman–Crippen LogP) is 2.98. The Morgan fingerprint density at radius 3 is 2.72 bits per heavy atom. The van der Waals surface area contributed by atoms with Crippen LogP contribution in [0.2, 0.25) is 0 Å². The molecule has 0 atom stereocenters. The molecule has 1 aliphatic carbocycles. The summed E-state index contributed by atoms with van der Waals surface area (Å²) in [6.45, 7) is 3.22. The van der Waals surface area contributed by atoms with E-state index in [0.717, 1.165) is 24.8 Å². The quantitative estimate of drug-likeness (QED) is 0.884. The highest BCUT2D eigenvalue weighted by atomic mass is 15.0. The maximum atomic E-state index is 8.90. The van der Waals surface area contributed by atoms with Gasteiger partial charge in [0.2, 0.25) is 0 Å². The summed E-state index contributed by atoms with van der Waals surface area (Å²) in [5.74, 6) is 2.35. The van der Waals surface area contributed by atoms with Crippen LogP contribution in [0.15, 0.2) is 12.4 Å². The van der Waals surface area contributed by atoms with E-state index < -0.39 is 0 Å². The van der Waals surface area contributed by atoms with Gasteiger partial charge in [-0.05, 0) is 18.3 Å². The molecule has 1 heterocycles. The zero-order valence-electron chi connectivity index (χ0n) is 10.9. The molecule has 0 aliphatic heterocycles. The van der Waals surface area contributed by atoms with E-state index in [9.17, 15) is 0 Å². The first-order valence-electron chi connectivity index (χ1n) is 6.74. The van der Waals surface area contributed by atoms with E-state index in [1.165, 1.54) is 25.7 Å². The molecule has 18 heavy (non-hydrogen) atoms. The number of rotatable bonds is 4. The standard InChI is InChI=1S/C14H20N4/c1-11-2-4-12(5-3-11)6-7-17-14-13(10-15)16-8-9-18-14/h8-9,11-12H,2-7H2,1H3,(H,17,18). The van der Waals surface area contributed by atoms with Crippen molar-refractivity contribution in [3.05, 3.63) is 18.1 Å². The van der Waals surface area contributed by atoms with Crippen molar-refractivity contribution < 1.29 is 0 Å². The molecule has 0 saturated heterocycles. The van der Waals surface area contributed by atoms with Gasteiger partial charge in [-0.1, -0.05) is 32.6 Å². The van der Waals surface area contributed by atoms with Crippen molar-refractivity contribution in [2.45, 2.75) is 39.0 Å². The van der Waals surface area contributed by atoms with Crippen molar-refractivity contribution in [2.75, 3.05) is 11.9 Å². The topological polar surface area (TPSA) is 61.6 Å². The van der Waals surface area contributed by atoms with Crippen LogP contribution in [0, 0.1) is 23.2 Å². The minimum Gasteiger partial charge on any atom is -0.368 e. The molecule has 96 valence electrons. The maximum Gasteiger partial charge on any atom is 0.182 e. The zero-order valence-corrected chi connectivity index (χ0v) is 10.9. The van der Waals surface area contributed by atoms with Crippen LogP contribution in [0.5, 0.6) is 0 Å². The molecule has 1 aromatic heterocycles. The lowest BCUT2D eigenvalue weighted by atomic mass is 9.81. The molecule has 2 rings (SSSR count). The zero-order chi connectivity index (χ0) is 12.8. The first-order chi connectivity index (χ1) is 8.79. The van der Waals surface area contributed by atoms with Gasteiger partial charge in [0.25, 0.3) is 0 Å². The van der Waals surface area contributed by atoms with Gasteiger partial charge in [-0.3, -0.25) is 0 Å². The van der Waals surface area contributed by atoms with E-state index in [0.29, 0.717) is 11.5 Å². The second kappa shape index (κ2) is 6.34. The minimum absolute atomic E-state index is 0.384. The Balaban J connectivity index is 1.77. The molecular formula is C14H20N4. The number of anilines is 1. The van der Waals surface area contributed by atoms with E-state index in [2.05, 4.69) is 28.3 Å². The molecule has 0 bridgehead atoms. The second-order valence-corrected chi connectivity index (χ2v) is 5.21. The van der Waals surface area contributed by atoms with E-state index in [4.69, 9.17) is 5.26 Å². The van der Waals surface area contributed by atoms with Crippen molar-refractivity contribution in [3.8, 4) is 6.07 Å². The summed E-state index contributed by atoms with van der Waals surface area (Å²) in [4.78, 5) is 8.13. The van der Waals surface area contributed by atoms with Crippen LogP contribution in [0.4, 0.5) is 5.82 Å². The summed E-state index contributed by atoms with van der Waals surface area (Å²) in [6.07, 6.45) is 9.73. The number of nitriles is 1. The lowest BCUT2D eigenvalue weighted by Crippen LogP contribution is -2.16. The lowest BCUT2D eigenvalue weighted by molar-refractivity contribution is 0.282. The molecule has 0 aromatic carbocycles. The van der Waals surface area contributed by atoms with Gasteiger partial charge in [0.05, 0.1) is 0 Å². The third-order valence-electron chi connectivity index (χ3n) is 3.78. The summed E-state index contributed by atoms with van der Waals surface area (Å²) < 4.78 is 0. The molecule has 0 spiro atoms. The minimum atomic E-state index is 0.384. The SMILES string of the molecule is CC1CCC(CCNc2nccnc2C#N)CC1. The van der Waals surface area contributed by atoms with Gasteiger partial charge >= 0.3 is 0 Å². The van der Waals surface area contributed by atoms with Crippen molar-refractivity contribution in [1.29, 1.82) is 5.26 Å². The highest BCUT2D eigenvalue weighted by molar-refractivity contribution is 5.46. The average Bonchev–Trinajstić information content (AvgIpc) is 2.41. The number of aromatic nitrogens is 2. The van der Waals surface area contributed by atoms with Crippen molar-refractivity contribution in [3.63, 3.8) is 0 Å². The summed E-state index contributed by atoms with van der Waals surface area (Å²) in [5, 5.41) is 12.1. The van der Waals surface area contributed by atoms with Gasteiger partial charge in [0.15, 0.2) is 11.5 Å². The monoisotopic (exact) mass is 244 g/mol. The fourth-order valence-corrected chi connectivity index (χ4v) is 2.56. The van der Waals surface area contributed by atoms with Crippen LogP contribution in [0.1, 0.15) is 44.7 Å². The van der Waals surface area contributed by atoms with Gasteiger partial charge in [-0.15, -0.1) is 0 Å². The predicted molar refractivity (Wildman–Crippen MR) is 71.0 cm³/mol. The summed E-state index contributed by atoms with van der Waals surface area (Å²) in [6, 6.07) is 2.05. The fourth-order valence-electron chi connectivity index (χ4n) is 2.56. The van der Waals surface area contributed by atoms with Gasteiger partial charge in [0.1, 0.15) is 6.07 Å². The summed E-state index contributed by atoms with van der Waals surface area (Å²) in [7, 11) is 0. The number of hydrogen-bond donors (Lipinski definition) is 1. The molecule has 0 amide bonds. The first kappa shape index (κ1) is 12.8. The third kappa shape index (κ3) is 3.43. The molecule has 1 aliphatic rings. The van der Waals surface area contributed by atoms with Crippen LogP contribution < -0.4 is 5.32 Å². The normalized spacial score (nSPS) is 23.3. The van der Waals surface area contributed by atoms with E-state index in [1.54, 1.807) is 12.4 Å². The largest absolute Gasteiger partial charge is 0.368 e. The van der Waals surface area contributed by atoms with Gasteiger partial charge in [0, 0.05) is 18.9 Å². The Morgan fingerprint density at radius 2 is 2.00 bits per heavy atom. The molecule has 1 fully saturated rings. The molecule has 1 N–H and O–H groups in total. The lowest BCUT2D eigenvalue weighted by Gasteiger charge is -2.26. The van der Waals surface area contributed by atoms with E-state index in [1.807, 2.05) is 0 Å². The number of nitrogens with zero attached hydrogens (tertiary/aromatic N) is 3. The molecule has 0 unspecified atom stereocenters. The molecule has 4 nitrogen and oxygen atoms in total. The van der Waals surface area contributed by atoms with Crippen molar-refractivity contribution >= 4 is 5.82 Å². The van der Waals surface area contributed by atoms with Crippen LogP contribution in [-0.4, -0.2) is 16.5 Å². The molecule has 4 heteroatoms. The molecule has 1 saturated carbocycles. The summed E-state index contributed by atoms with van der Waals surface area (Å²) >= 11 is 0. The first-order valence-corrected chi connectivity index (χ1v) is 6.74. The van der Waals surface area contributed by atoms with E-state index in [-0.39, 0.29) is 0 Å². The smallest absolute Gasteiger partial charge is 0.182 e. The molecule has 0 radical (unpaired) electrons. The van der Waals surface area contributed by atoms with Gasteiger partial charge in [-0.25, -0.2) is 9.97 Å². The Hall–Kier alpha value is -1.63. The van der Waals surface area contributed by atoms with Crippen LogP contribution >= 0.6 is 0 Å². The van der Waals surface area contributed by atoms with Gasteiger partial charge < -0.3 is 5.32 Å². The maximum absolute atomic E-state index is 8.90. The highest BCUT2D eigenvalue weighted by Gasteiger charge is 2.17. The van der Waals surface area contributed by atoms with Crippen molar-refractivity contribution in [1.82, 2.24) is 9.97 Å². The second-order valence-electron chi connectivity index (χ2n) is 5.21. The van der Waals surface area contributed by atoms with Crippen molar-refractivity contribution in [2.24, 2.45) is 11.8 Å². The van der Waals surface area contributed by atoms with E-state index >= 15 is 0 Å². The number of hydrogen-bond acceptors (Lipinski definition) is 4. The van der Waals surface area contributed by atoms with Crippen LogP contribution in [0.25, 0.3) is 0 Å². The van der Waals surface area contributed by atoms with Gasteiger partial charge in [-0.2, -0.15) is 5.26 Å². The Morgan fingerprint density at radius 1 is 1.28 bits per heavy atom. The van der Waals surface area contributed by atoms with Crippen LogP contribution in [-0.2, 0) is 0 Å². The Labute approximate surface area is 108 Å².